The predicted octanol–water partition coefficient (Wildman–Crippen LogP) is 3.11. The minimum absolute atomic E-state index is 0.000278. The fourth-order valence-corrected chi connectivity index (χ4v) is 1.66. The third-order valence-electron chi connectivity index (χ3n) is 1.79. The van der Waals surface area contributed by atoms with E-state index >= 15 is 0 Å². The van der Waals surface area contributed by atoms with Crippen LogP contribution in [0.3, 0.4) is 0 Å². The Morgan fingerprint density at radius 2 is 2.21 bits per heavy atom. The molecule has 0 saturated heterocycles. The first-order valence-corrected chi connectivity index (χ1v) is 4.96. The Balaban J connectivity index is 3.13. The van der Waals surface area contributed by atoms with Crippen molar-refractivity contribution >= 4 is 28.3 Å². The molecule has 0 bridgehead atoms. The molecule has 0 aromatic heterocycles. The van der Waals surface area contributed by atoms with Gasteiger partial charge in [-0.25, -0.2) is 0 Å². The molecule has 3 nitrogen and oxygen atoms in total. The van der Waals surface area contributed by atoms with Crippen LogP contribution in [0.25, 0.3) is 0 Å². The number of alkyl halides is 1. The van der Waals surface area contributed by atoms with Crippen LogP contribution in [0.4, 0.5) is 10.1 Å². The molecule has 1 radical (unpaired) electrons. The Kier molecular flexibility index (Phi) is 3.79. The average Bonchev–Trinajstić information content (AvgIpc) is 2.15. The van der Waals surface area contributed by atoms with Gasteiger partial charge in [-0.05, 0) is 34.2 Å². The zero-order chi connectivity index (χ0) is 10.7. The molecule has 0 aliphatic rings. The number of rotatable bonds is 3. The molecule has 0 unspecified atom stereocenters. The monoisotopic (exact) mass is 308 g/mol. The minimum atomic E-state index is -0.586. The summed E-state index contributed by atoms with van der Waals surface area (Å²) in [5.74, 6) is 0.506. The second-order valence-electron chi connectivity index (χ2n) is 2.87. The Morgan fingerprint density at radius 1 is 1.57 bits per heavy atom. The number of nitro benzene ring substituents is 1. The summed E-state index contributed by atoms with van der Waals surface area (Å²) in [6, 6.07) is 4.56. The summed E-state index contributed by atoms with van der Waals surface area (Å²) in [5.41, 5.74) is 0.589. The van der Waals surface area contributed by atoms with Crippen LogP contribution >= 0.6 is 22.6 Å². The van der Waals surface area contributed by atoms with Gasteiger partial charge in [-0.1, -0.05) is 6.92 Å². The van der Waals surface area contributed by atoms with Crippen molar-refractivity contribution < 1.29 is 9.31 Å². The van der Waals surface area contributed by atoms with Gasteiger partial charge in [-0.3, -0.25) is 14.5 Å². The van der Waals surface area contributed by atoms with Crippen molar-refractivity contribution in [3.05, 3.63) is 43.4 Å². The first-order valence-electron chi connectivity index (χ1n) is 3.88. The molecule has 0 N–H and O–H groups in total. The second kappa shape index (κ2) is 4.68. The lowest BCUT2D eigenvalue weighted by Crippen LogP contribution is -1.99. The van der Waals surface area contributed by atoms with E-state index in [9.17, 15) is 14.5 Å². The van der Waals surface area contributed by atoms with Crippen molar-refractivity contribution in [2.75, 3.05) is 6.67 Å². The molecule has 0 aliphatic heterocycles. The summed E-state index contributed by atoms with van der Waals surface area (Å²) in [4.78, 5) is 10.0. The molecule has 1 aromatic rings. The molecular formula is C9H8FINO2. The fraction of sp³-hybridized carbons (Fsp3) is 0.222. The van der Waals surface area contributed by atoms with E-state index in [4.69, 9.17) is 0 Å². The molecular weight excluding hydrogens is 300 g/mol. The predicted molar refractivity (Wildman–Crippen MR) is 59.8 cm³/mol. The molecule has 0 aliphatic carbocycles. The number of hydrogen-bond acceptors (Lipinski definition) is 2. The normalized spacial score (nSPS) is 10.6. The molecule has 75 valence electrons. The van der Waals surface area contributed by atoms with Gasteiger partial charge in [0.25, 0.3) is 5.69 Å². The number of nitro groups is 1. The van der Waals surface area contributed by atoms with E-state index in [2.05, 4.69) is 0 Å². The SMILES string of the molecule is C[C](CF)c1cc(I)cc([N+](=O)[O-])c1. The van der Waals surface area contributed by atoms with E-state index in [1.54, 1.807) is 13.0 Å². The third kappa shape index (κ3) is 2.63. The highest BCUT2D eigenvalue weighted by Crippen LogP contribution is 2.23. The topological polar surface area (TPSA) is 43.1 Å². The molecule has 0 spiro atoms. The van der Waals surface area contributed by atoms with E-state index in [1.807, 2.05) is 22.6 Å². The van der Waals surface area contributed by atoms with Crippen LogP contribution in [0.15, 0.2) is 18.2 Å². The smallest absolute Gasteiger partial charge is 0.258 e. The average molecular weight is 308 g/mol. The first-order chi connectivity index (χ1) is 6.54. The molecule has 1 rings (SSSR count). The van der Waals surface area contributed by atoms with Crippen LogP contribution in [0.1, 0.15) is 12.5 Å². The summed E-state index contributed by atoms with van der Waals surface area (Å²) in [6.07, 6.45) is 0. The van der Waals surface area contributed by atoms with Gasteiger partial charge >= 0.3 is 0 Å². The largest absolute Gasteiger partial charge is 0.270 e. The number of hydrogen-bond donors (Lipinski definition) is 0. The standard InChI is InChI=1S/C9H8FINO2/c1-6(5-10)7-2-8(11)4-9(3-7)12(13)14/h2-4H,5H2,1H3. The highest BCUT2D eigenvalue weighted by Gasteiger charge is 2.13. The van der Waals surface area contributed by atoms with Gasteiger partial charge in [0, 0.05) is 21.6 Å². The minimum Gasteiger partial charge on any atom is -0.258 e. The molecule has 14 heavy (non-hydrogen) atoms. The van der Waals surface area contributed by atoms with Gasteiger partial charge in [-0.2, -0.15) is 0 Å². The summed E-state index contributed by atoms with van der Waals surface area (Å²) < 4.78 is 13.1. The number of halogens is 2. The quantitative estimate of drug-likeness (QED) is 0.489. The highest BCUT2D eigenvalue weighted by molar-refractivity contribution is 14.1. The second-order valence-corrected chi connectivity index (χ2v) is 4.11. The van der Waals surface area contributed by atoms with Crippen molar-refractivity contribution in [3.8, 4) is 0 Å². The van der Waals surface area contributed by atoms with E-state index in [-0.39, 0.29) is 5.69 Å². The molecule has 0 heterocycles. The number of benzene rings is 1. The van der Waals surface area contributed by atoms with Gasteiger partial charge in [0.05, 0.1) is 11.6 Å². The van der Waals surface area contributed by atoms with Crippen LogP contribution in [-0.4, -0.2) is 11.6 Å². The zero-order valence-electron chi connectivity index (χ0n) is 7.46. The molecule has 0 saturated carbocycles. The van der Waals surface area contributed by atoms with Crippen LogP contribution in [0.5, 0.6) is 0 Å². The van der Waals surface area contributed by atoms with Gasteiger partial charge < -0.3 is 0 Å². The van der Waals surface area contributed by atoms with E-state index < -0.39 is 11.6 Å². The molecule has 0 atom stereocenters. The maximum Gasteiger partial charge on any atom is 0.270 e. The Labute approximate surface area is 94.6 Å². The van der Waals surface area contributed by atoms with E-state index in [1.165, 1.54) is 12.1 Å². The van der Waals surface area contributed by atoms with Gasteiger partial charge in [0.1, 0.15) is 0 Å². The summed E-state index contributed by atoms with van der Waals surface area (Å²) >= 11 is 1.97. The lowest BCUT2D eigenvalue weighted by molar-refractivity contribution is -0.385. The highest BCUT2D eigenvalue weighted by atomic mass is 127. The lowest BCUT2D eigenvalue weighted by Gasteiger charge is -2.06. The van der Waals surface area contributed by atoms with E-state index in [0.717, 1.165) is 3.57 Å². The number of non-ortho nitro benzene ring substituents is 1. The van der Waals surface area contributed by atoms with Gasteiger partial charge in [-0.15, -0.1) is 0 Å². The Morgan fingerprint density at radius 3 is 2.71 bits per heavy atom. The molecule has 1 aromatic carbocycles. The maximum absolute atomic E-state index is 12.3. The van der Waals surface area contributed by atoms with Crippen molar-refractivity contribution in [2.45, 2.75) is 6.92 Å². The Bertz CT molecular complexity index is 357. The van der Waals surface area contributed by atoms with Crippen LogP contribution in [-0.2, 0) is 0 Å². The van der Waals surface area contributed by atoms with Crippen molar-refractivity contribution in [3.63, 3.8) is 0 Å². The van der Waals surface area contributed by atoms with E-state index in [0.29, 0.717) is 11.5 Å². The van der Waals surface area contributed by atoms with Crippen molar-refractivity contribution in [1.29, 1.82) is 0 Å². The van der Waals surface area contributed by atoms with Crippen LogP contribution in [0.2, 0.25) is 0 Å². The van der Waals surface area contributed by atoms with Crippen molar-refractivity contribution in [2.24, 2.45) is 0 Å². The Hall–Kier alpha value is -0.720. The summed E-state index contributed by atoms with van der Waals surface area (Å²) in [5, 5.41) is 10.5. The first kappa shape index (κ1) is 11.4. The maximum atomic E-state index is 12.3. The third-order valence-corrected chi connectivity index (χ3v) is 2.41. The fourth-order valence-electron chi connectivity index (χ4n) is 1.00. The van der Waals surface area contributed by atoms with Crippen molar-refractivity contribution in [1.82, 2.24) is 0 Å². The van der Waals surface area contributed by atoms with Crippen LogP contribution < -0.4 is 0 Å². The van der Waals surface area contributed by atoms with Gasteiger partial charge in [0.15, 0.2) is 0 Å². The molecule has 0 fully saturated rings. The molecule has 5 heteroatoms. The summed E-state index contributed by atoms with van der Waals surface area (Å²) in [7, 11) is 0. The number of nitrogens with zero attached hydrogens (tertiary/aromatic N) is 1. The van der Waals surface area contributed by atoms with Gasteiger partial charge in [0.2, 0.25) is 0 Å². The summed E-state index contributed by atoms with van der Waals surface area (Å²) in [6.45, 7) is 1.03. The molecule has 0 amide bonds. The zero-order valence-corrected chi connectivity index (χ0v) is 9.62. The lowest BCUT2D eigenvalue weighted by atomic mass is 10.0. The van der Waals surface area contributed by atoms with Crippen LogP contribution in [0, 0.1) is 19.6 Å².